The quantitative estimate of drug-likeness (QED) is 0.869. The molecule has 0 bridgehead atoms. The van der Waals surface area contributed by atoms with Crippen molar-refractivity contribution in [1.29, 1.82) is 0 Å². The van der Waals surface area contributed by atoms with Crippen molar-refractivity contribution in [3.05, 3.63) is 44.7 Å². The first-order valence-electron chi connectivity index (χ1n) is 4.51. The van der Waals surface area contributed by atoms with Gasteiger partial charge in [0.05, 0.1) is 14.6 Å². The molecule has 84 valence electrons. The Labute approximate surface area is 116 Å². The number of aliphatic hydroxyl groups excluding tert-OH is 1. The number of thiophene rings is 1. The van der Waals surface area contributed by atoms with E-state index in [0.29, 0.717) is 0 Å². The van der Waals surface area contributed by atoms with E-state index in [9.17, 15) is 5.11 Å². The van der Waals surface area contributed by atoms with Gasteiger partial charge < -0.3 is 5.11 Å². The Morgan fingerprint density at radius 3 is 2.62 bits per heavy atom. The van der Waals surface area contributed by atoms with Gasteiger partial charge in [-0.2, -0.15) is 0 Å². The number of benzene rings is 1. The summed E-state index contributed by atoms with van der Waals surface area (Å²) in [7, 11) is 0. The zero-order valence-corrected chi connectivity index (χ0v) is 12.1. The van der Waals surface area contributed by atoms with Crippen molar-refractivity contribution >= 4 is 50.6 Å². The first kappa shape index (κ1) is 12.5. The van der Waals surface area contributed by atoms with Crippen LogP contribution in [0.25, 0.3) is 0 Å². The van der Waals surface area contributed by atoms with Crippen LogP contribution in [0.5, 0.6) is 0 Å². The van der Waals surface area contributed by atoms with Crippen molar-refractivity contribution in [3.8, 4) is 0 Å². The molecule has 5 heteroatoms. The Hall–Kier alpha value is -0.000000000000000167. The molecular weight excluding hydrogens is 328 g/mol. The summed E-state index contributed by atoms with van der Waals surface area (Å²) in [6.07, 6.45) is 0. The molecular formula is C11H8BrClOS2. The average molecular weight is 336 g/mol. The third-order valence-electron chi connectivity index (χ3n) is 1.93. The molecule has 1 heterocycles. The van der Waals surface area contributed by atoms with Crippen molar-refractivity contribution in [1.82, 2.24) is 0 Å². The van der Waals surface area contributed by atoms with E-state index < -0.39 is 0 Å². The van der Waals surface area contributed by atoms with Gasteiger partial charge in [-0.1, -0.05) is 23.4 Å². The van der Waals surface area contributed by atoms with Gasteiger partial charge in [0.2, 0.25) is 0 Å². The molecule has 0 fully saturated rings. The smallest absolute Gasteiger partial charge is 0.0714 e. The fourth-order valence-electron chi connectivity index (χ4n) is 1.19. The fourth-order valence-corrected chi connectivity index (χ4v) is 4.49. The minimum Gasteiger partial charge on any atom is -0.392 e. The van der Waals surface area contributed by atoms with Crippen molar-refractivity contribution in [2.45, 2.75) is 15.7 Å². The van der Waals surface area contributed by atoms with Gasteiger partial charge in [0.15, 0.2) is 0 Å². The van der Waals surface area contributed by atoms with Gasteiger partial charge >= 0.3 is 0 Å². The molecule has 2 rings (SSSR count). The van der Waals surface area contributed by atoms with E-state index in [1.807, 2.05) is 30.3 Å². The summed E-state index contributed by atoms with van der Waals surface area (Å²) < 4.78 is 2.14. The van der Waals surface area contributed by atoms with E-state index in [1.165, 1.54) is 0 Å². The average Bonchev–Trinajstić information content (AvgIpc) is 2.62. The van der Waals surface area contributed by atoms with E-state index >= 15 is 0 Å². The van der Waals surface area contributed by atoms with Gasteiger partial charge in [0.1, 0.15) is 0 Å². The number of hydrogen-bond acceptors (Lipinski definition) is 3. The normalized spacial score (nSPS) is 10.7. The number of hydrogen-bond donors (Lipinski definition) is 1. The van der Waals surface area contributed by atoms with Gasteiger partial charge in [-0.05, 0) is 46.3 Å². The Balaban J connectivity index is 2.22. The third kappa shape index (κ3) is 3.02. The minimum atomic E-state index is 0.0675. The van der Waals surface area contributed by atoms with Crippen LogP contribution in [0.15, 0.2) is 43.2 Å². The molecule has 2 aromatic rings. The van der Waals surface area contributed by atoms with Crippen LogP contribution >= 0.6 is 50.6 Å². The van der Waals surface area contributed by atoms with E-state index in [0.717, 1.165) is 23.5 Å². The standard InChI is InChI=1S/C11H8BrClOS2/c12-10-5-7(6-14)11(16-10)15-9-3-1-8(13)2-4-9/h1-5,14H,6H2. The second-order valence-electron chi connectivity index (χ2n) is 3.08. The molecule has 0 radical (unpaired) electrons. The van der Waals surface area contributed by atoms with Crippen LogP contribution in [-0.4, -0.2) is 5.11 Å². The van der Waals surface area contributed by atoms with Crippen molar-refractivity contribution in [3.63, 3.8) is 0 Å². The van der Waals surface area contributed by atoms with Crippen LogP contribution < -0.4 is 0 Å². The molecule has 0 unspecified atom stereocenters. The molecule has 0 atom stereocenters. The highest BCUT2D eigenvalue weighted by Gasteiger charge is 2.08. The van der Waals surface area contributed by atoms with Crippen molar-refractivity contribution in [2.24, 2.45) is 0 Å². The summed E-state index contributed by atoms with van der Waals surface area (Å²) in [5.41, 5.74) is 0.955. The molecule has 0 saturated heterocycles. The molecule has 1 aromatic heterocycles. The number of rotatable bonds is 3. The zero-order chi connectivity index (χ0) is 11.5. The summed E-state index contributed by atoms with van der Waals surface area (Å²) in [6.45, 7) is 0.0675. The Bertz CT molecular complexity index is 481. The molecule has 0 spiro atoms. The fraction of sp³-hybridized carbons (Fsp3) is 0.0909. The van der Waals surface area contributed by atoms with E-state index in [-0.39, 0.29) is 6.61 Å². The topological polar surface area (TPSA) is 20.2 Å². The summed E-state index contributed by atoms with van der Waals surface area (Å²) in [6, 6.07) is 9.63. The summed E-state index contributed by atoms with van der Waals surface area (Å²) in [4.78, 5) is 1.12. The second-order valence-corrected chi connectivity index (χ2v) is 7.29. The van der Waals surface area contributed by atoms with Crippen LogP contribution in [0, 0.1) is 0 Å². The molecule has 0 aliphatic carbocycles. The molecule has 0 amide bonds. The molecule has 1 N–H and O–H groups in total. The van der Waals surface area contributed by atoms with E-state index in [2.05, 4.69) is 15.9 Å². The molecule has 0 saturated carbocycles. The van der Waals surface area contributed by atoms with Gasteiger partial charge in [0, 0.05) is 15.5 Å². The summed E-state index contributed by atoms with van der Waals surface area (Å²) >= 11 is 12.5. The zero-order valence-electron chi connectivity index (χ0n) is 8.11. The first-order valence-corrected chi connectivity index (χ1v) is 7.32. The molecule has 1 aromatic carbocycles. The van der Waals surface area contributed by atoms with Gasteiger partial charge in [-0.25, -0.2) is 0 Å². The molecule has 16 heavy (non-hydrogen) atoms. The van der Waals surface area contributed by atoms with Crippen molar-refractivity contribution < 1.29 is 5.11 Å². The maximum Gasteiger partial charge on any atom is 0.0714 e. The Morgan fingerprint density at radius 1 is 1.31 bits per heavy atom. The van der Waals surface area contributed by atoms with Crippen LogP contribution in [-0.2, 0) is 6.61 Å². The Kier molecular flexibility index (Phi) is 4.33. The lowest BCUT2D eigenvalue weighted by Gasteiger charge is -2.01. The van der Waals surface area contributed by atoms with E-state index in [1.54, 1.807) is 23.1 Å². The van der Waals surface area contributed by atoms with Crippen LogP contribution in [0.4, 0.5) is 0 Å². The SMILES string of the molecule is OCc1cc(Br)sc1Sc1ccc(Cl)cc1. The maximum absolute atomic E-state index is 9.21. The highest BCUT2D eigenvalue weighted by molar-refractivity contribution is 9.11. The van der Waals surface area contributed by atoms with Crippen LogP contribution in [0.2, 0.25) is 5.02 Å². The number of aliphatic hydroxyl groups is 1. The Morgan fingerprint density at radius 2 is 2.00 bits per heavy atom. The predicted molar refractivity (Wildman–Crippen MR) is 73.5 cm³/mol. The maximum atomic E-state index is 9.21. The highest BCUT2D eigenvalue weighted by Crippen LogP contribution is 2.39. The van der Waals surface area contributed by atoms with Gasteiger partial charge in [0.25, 0.3) is 0 Å². The summed E-state index contributed by atoms with van der Waals surface area (Å²) in [5.74, 6) is 0. The first-order chi connectivity index (χ1) is 7.69. The predicted octanol–water partition coefficient (Wildman–Crippen LogP) is 4.81. The molecule has 1 nitrogen and oxygen atoms in total. The lowest BCUT2D eigenvalue weighted by Crippen LogP contribution is -1.80. The molecule has 0 aliphatic heterocycles. The minimum absolute atomic E-state index is 0.0675. The molecule has 0 aliphatic rings. The van der Waals surface area contributed by atoms with Gasteiger partial charge in [-0.15, -0.1) is 11.3 Å². The number of halogens is 2. The van der Waals surface area contributed by atoms with Crippen molar-refractivity contribution in [2.75, 3.05) is 0 Å². The second kappa shape index (κ2) is 5.56. The largest absolute Gasteiger partial charge is 0.392 e. The monoisotopic (exact) mass is 334 g/mol. The summed E-state index contributed by atoms with van der Waals surface area (Å²) in [5, 5.41) is 9.94. The van der Waals surface area contributed by atoms with Crippen LogP contribution in [0.3, 0.4) is 0 Å². The third-order valence-corrected chi connectivity index (χ3v) is 5.12. The van der Waals surface area contributed by atoms with Gasteiger partial charge in [-0.3, -0.25) is 0 Å². The lowest BCUT2D eigenvalue weighted by atomic mass is 10.4. The highest BCUT2D eigenvalue weighted by atomic mass is 79.9. The van der Waals surface area contributed by atoms with Crippen LogP contribution in [0.1, 0.15) is 5.56 Å². The van der Waals surface area contributed by atoms with E-state index in [4.69, 9.17) is 11.6 Å². The lowest BCUT2D eigenvalue weighted by molar-refractivity contribution is 0.280.